The van der Waals surface area contributed by atoms with Gasteiger partial charge in [-0.1, -0.05) is 6.07 Å². The zero-order valence-electron chi connectivity index (χ0n) is 19.1. The van der Waals surface area contributed by atoms with Gasteiger partial charge in [0, 0.05) is 34.3 Å². The van der Waals surface area contributed by atoms with Gasteiger partial charge in [-0.3, -0.25) is 4.79 Å². The fraction of sp³-hybridized carbons (Fsp3) is 0.0800. The van der Waals surface area contributed by atoms with E-state index in [2.05, 4.69) is 35.6 Å². The number of carbonyl (C=O) groups is 1. The Labute approximate surface area is 206 Å². The summed E-state index contributed by atoms with van der Waals surface area (Å²) in [5, 5.41) is 5.43. The first-order valence-electron chi connectivity index (χ1n) is 10.9. The van der Waals surface area contributed by atoms with Crippen molar-refractivity contribution in [2.24, 2.45) is 0 Å². The molecule has 2 aromatic carbocycles. The SMILES string of the molecule is Cc1c(F)cc(C(=O)Nc2cccc(C(F)(F)F)c2)cc1Nc1ncccc1-c1ncnc2[nH]cnc12. The van der Waals surface area contributed by atoms with Crippen LogP contribution in [0.15, 0.2) is 67.4 Å². The van der Waals surface area contributed by atoms with Crippen LogP contribution in [0, 0.1) is 12.7 Å². The van der Waals surface area contributed by atoms with Crippen LogP contribution in [-0.4, -0.2) is 30.8 Å². The van der Waals surface area contributed by atoms with Crippen molar-refractivity contribution in [3.05, 3.63) is 89.9 Å². The summed E-state index contributed by atoms with van der Waals surface area (Å²) in [7, 11) is 0. The highest BCUT2D eigenvalue weighted by Gasteiger charge is 2.30. The second kappa shape index (κ2) is 9.30. The minimum atomic E-state index is -4.57. The number of nitrogens with zero attached hydrogens (tertiary/aromatic N) is 4. The Kier molecular flexibility index (Phi) is 5.99. The van der Waals surface area contributed by atoms with E-state index in [-0.39, 0.29) is 22.5 Å². The Morgan fingerprint density at radius 1 is 1.00 bits per heavy atom. The van der Waals surface area contributed by atoms with Gasteiger partial charge in [0.1, 0.15) is 29.2 Å². The summed E-state index contributed by atoms with van der Waals surface area (Å²) in [6.07, 6.45) is -0.182. The molecule has 3 aromatic heterocycles. The molecule has 0 saturated heterocycles. The lowest BCUT2D eigenvalue weighted by atomic mass is 10.1. The Hall–Kier alpha value is -4.87. The number of alkyl halides is 3. The quantitative estimate of drug-likeness (QED) is 0.257. The number of rotatable bonds is 5. The van der Waals surface area contributed by atoms with Crippen molar-refractivity contribution in [1.82, 2.24) is 24.9 Å². The predicted molar refractivity (Wildman–Crippen MR) is 129 cm³/mol. The van der Waals surface area contributed by atoms with E-state index in [9.17, 15) is 22.4 Å². The summed E-state index contributed by atoms with van der Waals surface area (Å²) >= 11 is 0. The maximum absolute atomic E-state index is 14.8. The van der Waals surface area contributed by atoms with E-state index in [1.54, 1.807) is 12.1 Å². The van der Waals surface area contributed by atoms with Crippen LogP contribution < -0.4 is 10.6 Å². The van der Waals surface area contributed by atoms with Crippen LogP contribution in [0.4, 0.5) is 34.8 Å². The minimum Gasteiger partial charge on any atom is -0.339 e. The highest BCUT2D eigenvalue weighted by atomic mass is 19.4. The van der Waals surface area contributed by atoms with Gasteiger partial charge < -0.3 is 15.6 Å². The van der Waals surface area contributed by atoms with Gasteiger partial charge in [0.25, 0.3) is 5.91 Å². The summed E-state index contributed by atoms with van der Waals surface area (Å²) in [4.78, 5) is 32.8. The number of amides is 1. The van der Waals surface area contributed by atoms with Crippen molar-refractivity contribution in [2.45, 2.75) is 13.1 Å². The van der Waals surface area contributed by atoms with Crippen LogP contribution in [0.5, 0.6) is 0 Å². The molecule has 3 N–H and O–H groups in total. The van der Waals surface area contributed by atoms with Gasteiger partial charge in [-0.2, -0.15) is 13.2 Å². The number of hydrogen-bond donors (Lipinski definition) is 3. The highest BCUT2D eigenvalue weighted by molar-refractivity contribution is 6.05. The zero-order chi connectivity index (χ0) is 26.2. The number of carbonyl (C=O) groups excluding carboxylic acids is 1. The van der Waals surface area contributed by atoms with E-state index in [4.69, 9.17) is 0 Å². The van der Waals surface area contributed by atoms with Crippen LogP contribution in [0.25, 0.3) is 22.4 Å². The maximum Gasteiger partial charge on any atom is 0.416 e. The van der Waals surface area contributed by atoms with Crippen molar-refractivity contribution in [1.29, 1.82) is 0 Å². The Balaban J connectivity index is 1.47. The van der Waals surface area contributed by atoms with Crippen molar-refractivity contribution >= 4 is 34.3 Å². The van der Waals surface area contributed by atoms with Gasteiger partial charge in [0.15, 0.2) is 5.65 Å². The van der Waals surface area contributed by atoms with Gasteiger partial charge in [-0.15, -0.1) is 0 Å². The molecule has 0 bridgehead atoms. The van der Waals surface area contributed by atoms with E-state index >= 15 is 0 Å². The normalized spacial score (nSPS) is 11.5. The average Bonchev–Trinajstić information content (AvgIpc) is 3.36. The van der Waals surface area contributed by atoms with E-state index in [1.807, 2.05) is 0 Å². The number of halogens is 4. The third-order valence-corrected chi connectivity index (χ3v) is 5.59. The molecule has 8 nitrogen and oxygen atoms in total. The summed E-state index contributed by atoms with van der Waals surface area (Å²) < 4.78 is 53.9. The molecule has 0 aliphatic heterocycles. The molecule has 37 heavy (non-hydrogen) atoms. The number of aromatic amines is 1. The molecule has 186 valence electrons. The second-order valence-electron chi connectivity index (χ2n) is 8.01. The van der Waals surface area contributed by atoms with E-state index in [0.29, 0.717) is 28.2 Å². The standard InChI is InChI=1S/C25H17F4N7O/c1-13-18(26)8-14(24(37)35-16-5-2-4-15(10-16)25(27,28)29)9-19(13)36-22-17(6-3-7-30-22)20-21-23(33-11-31-20)34-12-32-21/h2-12H,1H3,(H,30,36)(H,35,37)(H,31,32,33,34). The Morgan fingerprint density at radius 3 is 2.65 bits per heavy atom. The van der Waals surface area contributed by atoms with E-state index in [1.165, 1.54) is 44.0 Å². The summed E-state index contributed by atoms with van der Waals surface area (Å²) in [6.45, 7) is 1.52. The van der Waals surface area contributed by atoms with Crippen molar-refractivity contribution in [3.8, 4) is 11.3 Å². The highest BCUT2D eigenvalue weighted by Crippen LogP contribution is 2.33. The number of anilines is 3. The Bertz CT molecular complexity index is 1630. The maximum atomic E-state index is 14.8. The third kappa shape index (κ3) is 4.81. The zero-order valence-corrected chi connectivity index (χ0v) is 19.1. The molecule has 0 spiro atoms. The van der Waals surface area contributed by atoms with Crippen molar-refractivity contribution in [2.75, 3.05) is 10.6 Å². The first kappa shape index (κ1) is 23.9. The molecule has 12 heteroatoms. The number of imidazole rings is 1. The van der Waals surface area contributed by atoms with Crippen LogP contribution in [0.1, 0.15) is 21.5 Å². The van der Waals surface area contributed by atoms with Gasteiger partial charge in [0.2, 0.25) is 0 Å². The number of nitrogens with one attached hydrogen (secondary N) is 3. The molecule has 0 radical (unpaired) electrons. The Morgan fingerprint density at radius 2 is 1.84 bits per heavy atom. The average molecular weight is 507 g/mol. The molecular formula is C25H17F4N7O. The molecule has 5 rings (SSSR count). The number of fused-ring (bicyclic) bond motifs is 1. The molecular weight excluding hydrogens is 490 g/mol. The number of benzene rings is 2. The van der Waals surface area contributed by atoms with E-state index in [0.717, 1.165) is 18.2 Å². The third-order valence-electron chi connectivity index (χ3n) is 5.59. The van der Waals surface area contributed by atoms with Gasteiger partial charge in [-0.25, -0.2) is 24.3 Å². The van der Waals surface area contributed by atoms with Crippen LogP contribution in [0.3, 0.4) is 0 Å². The second-order valence-corrected chi connectivity index (χ2v) is 8.01. The summed E-state index contributed by atoms with van der Waals surface area (Å²) in [5.41, 5.74) is 1.43. The minimum absolute atomic E-state index is 0.0749. The fourth-order valence-corrected chi connectivity index (χ4v) is 3.70. The fourth-order valence-electron chi connectivity index (χ4n) is 3.70. The van der Waals surface area contributed by atoms with Crippen molar-refractivity contribution < 1.29 is 22.4 Å². The van der Waals surface area contributed by atoms with Crippen LogP contribution >= 0.6 is 0 Å². The lowest BCUT2D eigenvalue weighted by Gasteiger charge is -2.15. The lowest BCUT2D eigenvalue weighted by molar-refractivity contribution is -0.137. The predicted octanol–water partition coefficient (Wildman–Crippen LogP) is 5.88. The first-order chi connectivity index (χ1) is 17.7. The summed E-state index contributed by atoms with van der Waals surface area (Å²) in [6, 6.07) is 10.0. The van der Waals surface area contributed by atoms with Crippen LogP contribution in [-0.2, 0) is 6.18 Å². The van der Waals surface area contributed by atoms with Crippen molar-refractivity contribution in [3.63, 3.8) is 0 Å². The molecule has 0 saturated carbocycles. The number of pyridine rings is 1. The molecule has 1 amide bonds. The monoisotopic (exact) mass is 507 g/mol. The molecule has 3 heterocycles. The molecule has 0 atom stereocenters. The lowest BCUT2D eigenvalue weighted by Crippen LogP contribution is -2.14. The molecule has 0 fully saturated rings. The summed E-state index contributed by atoms with van der Waals surface area (Å²) in [5.74, 6) is -1.15. The molecule has 5 aromatic rings. The van der Waals surface area contributed by atoms with Gasteiger partial charge in [0.05, 0.1) is 11.9 Å². The number of H-pyrrole nitrogens is 1. The number of hydrogen-bond acceptors (Lipinski definition) is 6. The van der Waals surface area contributed by atoms with Gasteiger partial charge in [-0.05, 0) is 49.4 Å². The largest absolute Gasteiger partial charge is 0.416 e. The van der Waals surface area contributed by atoms with Crippen LogP contribution in [0.2, 0.25) is 0 Å². The molecule has 0 aliphatic carbocycles. The smallest absolute Gasteiger partial charge is 0.339 e. The number of aromatic nitrogens is 5. The first-order valence-corrected chi connectivity index (χ1v) is 10.9. The van der Waals surface area contributed by atoms with E-state index < -0.39 is 23.5 Å². The topological polar surface area (TPSA) is 108 Å². The molecule has 0 unspecified atom stereocenters. The van der Waals surface area contributed by atoms with Gasteiger partial charge >= 0.3 is 6.18 Å². The molecule has 0 aliphatic rings.